The van der Waals surface area contributed by atoms with Crippen molar-refractivity contribution in [3.05, 3.63) is 71.8 Å². The van der Waals surface area contributed by atoms with E-state index in [0.717, 1.165) is 12.8 Å². The van der Waals surface area contributed by atoms with Gasteiger partial charge < -0.3 is 14.5 Å². The maximum absolute atomic E-state index is 12.7. The number of hydrogen-bond acceptors (Lipinski definition) is 3. The summed E-state index contributed by atoms with van der Waals surface area (Å²) in [4.78, 5) is 16.8. The van der Waals surface area contributed by atoms with Crippen LogP contribution in [0.2, 0.25) is 0 Å². The molecule has 0 saturated carbocycles. The van der Waals surface area contributed by atoms with Gasteiger partial charge in [-0.1, -0.05) is 48.6 Å². The Morgan fingerprint density at radius 1 is 0.964 bits per heavy atom. The molecule has 2 heterocycles. The summed E-state index contributed by atoms with van der Waals surface area (Å²) in [5.41, 5.74) is 4.67. The summed E-state index contributed by atoms with van der Waals surface area (Å²) in [5, 5.41) is 0. The minimum Gasteiger partial charge on any atom is -0.444 e. The third kappa shape index (κ3) is 3.77. The van der Waals surface area contributed by atoms with Crippen LogP contribution >= 0.6 is 0 Å². The molecule has 1 amide bonds. The molecule has 0 radical (unpaired) electrons. The summed E-state index contributed by atoms with van der Waals surface area (Å²) in [5.74, 6) is 0. The minimum absolute atomic E-state index is 0.0710. The Labute approximate surface area is 167 Å². The predicted molar refractivity (Wildman–Crippen MR) is 113 cm³/mol. The first-order valence-electron chi connectivity index (χ1n) is 10.0. The first kappa shape index (κ1) is 18.6. The fourth-order valence-corrected chi connectivity index (χ4v) is 4.02. The number of carbonyl (C=O) groups is 1. The molecule has 0 N–H and O–H groups in total. The first-order chi connectivity index (χ1) is 13.4. The Balaban J connectivity index is 1.69. The summed E-state index contributed by atoms with van der Waals surface area (Å²) >= 11 is 0. The molecule has 0 fully saturated rings. The number of para-hydroxylation sites is 2. The quantitative estimate of drug-likeness (QED) is 0.649. The number of benzene rings is 2. The smallest absolute Gasteiger partial charge is 0.410 e. The molecule has 2 aromatic carbocycles. The summed E-state index contributed by atoms with van der Waals surface area (Å²) in [6, 6.07) is 17.3. The molecule has 2 aliphatic rings. The van der Waals surface area contributed by atoms with Gasteiger partial charge in [0.05, 0.1) is 6.04 Å². The molecule has 0 spiro atoms. The Hall–Kier alpha value is -2.75. The van der Waals surface area contributed by atoms with Gasteiger partial charge in [0, 0.05) is 24.5 Å². The topological polar surface area (TPSA) is 32.8 Å². The Kier molecular flexibility index (Phi) is 4.88. The van der Waals surface area contributed by atoms with Crippen LogP contribution in [0.1, 0.15) is 31.9 Å². The number of anilines is 2. The summed E-state index contributed by atoms with van der Waals surface area (Å²) in [6.45, 7) is 6.91. The van der Waals surface area contributed by atoms with E-state index in [2.05, 4.69) is 65.6 Å². The number of nitrogens with zero attached hydrogens (tertiary/aromatic N) is 2. The van der Waals surface area contributed by atoms with Crippen molar-refractivity contribution in [1.82, 2.24) is 4.90 Å². The van der Waals surface area contributed by atoms with Gasteiger partial charge in [-0.15, -0.1) is 0 Å². The summed E-state index contributed by atoms with van der Waals surface area (Å²) in [7, 11) is 0. The van der Waals surface area contributed by atoms with Crippen molar-refractivity contribution >= 4 is 17.5 Å². The maximum atomic E-state index is 12.7. The predicted octanol–water partition coefficient (Wildman–Crippen LogP) is 5.10. The molecular formula is C24H28N2O2. The molecule has 2 aromatic rings. The average molecular weight is 377 g/mol. The van der Waals surface area contributed by atoms with Crippen LogP contribution in [0, 0.1) is 0 Å². The molecule has 1 atom stereocenters. The number of fused-ring (bicyclic) bond motifs is 2. The molecule has 0 bridgehead atoms. The number of hydrogen-bond donors (Lipinski definition) is 0. The van der Waals surface area contributed by atoms with E-state index < -0.39 is 5.60 Å². The Bertz CT molecular complexity index is 850. The van der Waals surface area contributed by atoms with Crippen LogP contribution in [0.4, 0.5) is 16.2 Å². The molecule has 4 heteroatoms. The van der Waals surface area contributed by atoms with Gasteiger partial charge in [-0.3, -0.25) is 0 Å². The lowest BCUT2D eigenvalue weighted by atomic mass is 10.0. The highest BCUT2D eigenvalue weighted by Crippen LogP contribution is 2.38. The van der Waals surface area contributed by atoms with E-state index in [0.29, 0.717) is 13.1 Å². The number of rotatable bonds is 1. The second-order valence-electron chi connectivity index (χ2n) is 8.51. The molecular weight excluding hydrogens is 348 g/mol. The lowest BCUT2D eigenvalue weighted by Gasteiger charge is -2.38. The van der Waals surface area contributed by atoms with Gasteiger partial charge >= 0.3 is 6.09 Å². The molecule has 4 rings (SSSR count). The zero-order valence-electron chi connectivity index (χ0n) is 16.9. The van der Waals surface area contributed by atoms with Gasteiger partial charge in [0.2, 0.25) is 0 Å². The number of aryl methyl sites for hydroxylation is 2. The SMILES string of the molecule is CC(C)(C)OC(=O)N1CC=CC(N2c3ccccc3CCc3ccccc32)C1. The molecule has 2 aliphatic heterocycles. The van der Waals surface area contributed by atoms with E-state index in [9.17, 15) is 4.79 Å². The second-order valence-corrected chi connectivity index (χ2v) is 8.51. The zero-order valence-corrected chi connectivity index (χ0v) is 16.9. The molecule has 28 heavy (non-hydrogen) atoms. The van der Waals surface area contributed by atoms with Gasteiger partial charge in [0.25, 0.3) is 0 Å². The van der Waals surface area contributed by atoms with Gasteiger partial charge in [-0.25, -0.2) is 4.79 Å². The normalized spacial score (nSPS) is 18.9. The summed E-state index contributed by atoms with van der Waals surface area (Å²) in [6.07, 6.45) is 6.10. The summed E-state index contributed by atoms with van der Waals surface area (Å²) < 4.78 is 5.61. The lowest BCUT2D eigenvalue weighted by Crippen LogP contribution is -2.47. The Morgan fingerprint density at radius 3 is 2.11 bits per heavy atom. The molecule has 0 aliphatic carbocycles. The van der Waals surface area contributed by atoms with Crippen molar-refractivity contribution in [2.24, 2.45) is 0 Å². The number of carbonyl (C=O) groups excluding carboxylic acids is 1. The molecule has 146 valence electrons. The van der Waals surface area contributed by atoms with Crippen LogP contribution in [0.5, 0.6) is 0 Å². The van der Waals surface area contributed by atoms with Crippen LogP contribution in [0.3, 0.4) is 0 Å². The average Bonchev–Trinajstić information content (AvgIpc) is 2.84. The maximum Gasteiger partial charge on any atom is 0.410 e. The van der Waals surface area contributed by atoms with Gasteiger partial charge in [-0.05, 0) is 56.9 Å². The highest BCUT2D eigenvalue weighted by molar-refractivity contribution is 5.74. The van der Waals surface area contributed by atoms with Crippen molar-refractivity contribution < 1.29 is 9.53 Å². The third-order valence-electron chi connectivity index (χ3n) is 5.24. The van der Waals surface area contributed by atoms with Crippen LogP contribution in [0.15, 0.2) is 60.7 Å². The fraction of sp³-hybridized carbons (Fsp3) is 0.375. The first-order valence-corrected chi connectivity index (χ1v) is 10.0. The van der Waals surface area contributed by atoms with E-state index in [1.165, 1.54) is 22.5 Å². The van der Waals surface area contributed by atoms with Crippen LogP contribution < -0.4 is 4.90 Å². The minimum atomic E-state index is -0.491. The fourth-order valence-electron chi connectivity index (χ4n) is 4.02. The number of ether oxygens (including phenoxy) is 1. The van der Waals surface area contributed by atoms with E-state index in [1.54, 1.807) is 4.90 Å². The standard InChI is InChI=1S/C24H28N2O2/c1-24(2,3)28-23(27)25-16-8-11-20(17-25)26-21-12-6-4-9-18(21)14-15-19-10-5-7-13-22(19)26/h4-13,20H,14-17H2,1-3H3. The van der Waals surface area contributed by atoms with Crippen LogP contribution in [-0.4, -0.2) is 35.7 Å². The van der Waals surface area contributed by atoms with Crippen molar-refractivity contribution in [3.8, 4) is 0 Å². The van der Waals surface area contributed by atoms with Crippen molar-refractivity contribution in [2.45, 2.75) is 45.3 Å². The van der Waals surface area contributed by atoms with Gasteiger partial charge in [0.15, 0.2) is 0 Å². The largest absolute Gasteiger partial charge is 0.444 e. The van der Waals surface area contributed by atoms with E-state index in [-0.39, 0.29) is 12.1 Å². The van der Waals surface area contributed by atoms with E-state index in [4.69, 9.17) is 4.74 Å². The molecule has 4 nitrogen and oxygen atoms in total. The third-order valence-corrected chi connectivity index (χ3v) is 5.24. The Morgan fingerprint density at radius 2 is 1.54 bits per heavy atom. The zero-order chi connectivity index (χ0) is 19.7. The van der Waals surface area contributed by atoms with Crippen molar-refractivity contribution in [1.29, 1.82) is 0 Å². The van der Waals surface area contributed by atoms with Crippen molar-refractivity contribution in [2.75, 3.05) is 18.0 Å². The van der Waals surface area contributed by atoms with Crippen molar-refractivity contribution in [3.63, 3.8) is 0 Å². The lowest BCUT2D eigenvalue weighted by molar-refractivity contribution is 0.0260. The van der Waals surface area contributed by atoms with Gasteiger partial charge in [0.1, 0.15) is 5.60 Å². The molecule has 0 aromatic heterocycles. The highest BCUT2D eigenvalue weighted by Gasteiger charge is 2.31. The van der Waals surface area contributed by atoms with Crippen LogP contribution in [0.25, 0.3) is 0 Å². The highest BCUT2D eigenvalue weighted by atomic mass is 16.6. The van der Waals surface area contributed by atoms with E-state index in [1.807, 2.05) is 20.8 Å². The molecule has 0 saturated heterocycles. The number of amides is 1. The molecule has 1 unspecified atom stereocenters. The van der Waals surface area contributed by atoms with Crippen LogP contribution in [-0.2, 0) is 17.6 Å². The van der Waals surface area contributed by atoms with Gasteiger partial charge in [-0.2, -0.15) is 0 Å². The second kappa shape index (κ2) is 7.34. The monoisotopic (exact) mass is 376 g/mol. The van der Waals surface area contributed by atoms with E-state index >= 15 is 0 Å².